The molecule has 0 atom stereocenters. The van der Waals surface area contributed by atoms with Crippen molar-refractivity contribution in [2.75, 3.05) is 11.9 Å². The largest absolute Gasteiger partial charge is 0.417 e. The van der Waals surface area contributed by atoms with Gasteiger partial charge in [0.1, 0.15) is 5.82 Å². The van der Waals surface area contributed by atoms with Gasteiger partial charge in [-0.25, -0.2) is 4.98 Å². The van der Waals surface area contributed by atoms with E-state index < -0.39 is 11.7 Å². The van der Waals surface area contributed by atoms with E-state index in [-0.39, 0.29) is 0 Å². The molecule has 1 radical (unpaired) electrons. The molecule has 0 fully saturated rings. The number of pyridine rings is 1. The Labute approximate surface area is 73.8 Å². The van der Waals surface area contributed by atoms with Crippen LogP contribution < -0.4 is 5.32 Å². The first-order valence-electron chi connectivity index (χ1n) is 3.60. The van der Waals surface area contributed by atoms with Crippen molar-refractivity contribution in [2.45, 2.75) is 6.18 Å². The normalized spacial score (nSPS) is 11.4. The van der Waals surface area contributed by atoms with E-state index in [4.69, 9.17) is 0 Å². The highest BCUT2D eigenvalue weighted by molar-refractivity contribution is 5.36. The van der Waals surface area contributed by atoms with Gasteiger partial charge in [-0.05, 0) is 19.1 Å². The molecule has 13 heavy (non-hydrogen) atoms. The number of hydrogen-bond acceptors (Lipinski definition) is 2. The fourth-order valence-electron chi connectivity index (χ4n) is 0.794. The van der Waals surface area contributed by atoms with Crippen LogP contribution in [0.15, 0.2) is 18.3 Å². The molecule has 5 heteroatoms. The number of alkyl halides is 3. The minimum Gasteiger partial charge on any atom is -0.370 e. The Balaban J connectivity index is 2.81. The van der Waals surface area contributed by atoms with Crippen LogP contribution in [0.2, 0.25) is 0 Å². The lowest BCUT2D eigenvalue weighted by molar-refractivity contribution is -0.137. The average molecular weight is 189 g/mol. The number of aromatic nitrogens is 1. The molecular weight excluding hydrogens is 181 g/mol. The third-order valence-corrected chi connectivity index (χ3v) is 1.40. The summed E-state index contributed by atoms with van der Waals surface area (Å²) in [6.07, 6.45) is -3.53. The second-order valence-corrected chi connectivity index (χ2v) is 2.36. The minimum atomic E-state index is -4.32. The predicted molar refractivity (Wildman–Crippen MR) is 43.1 cm³/mol. The van der Waals surface area contributed by atoms with Crippen molar-refractivity contribution in [2.24, 2.45) is 0 Å². The van der Waals surface area contributed by atoms with Crippen molar-refractivity contribution in [1.29, 1.82) is 0 Å². The topological polar surface area (TPSA) is 24.9 Å². The van der Waals surface area contributed by atoms with E-state index in [2.05, 4.69) is 17.2 Å². The molecule has 71 valence electrons. The number of nitrogens with zero attached hydrogens (tertiary/aromatic N) is 1. The van der Waals surface area contributed by atoms with Crippen molar-refractivity contribution in [3.8, 4) is 0 Å². The zero-order chi connectivity index (χ0) is 9.90. The average Bonchev–Trinajstić information content (AvgIpc) is 2.04. The Morgan fingerprint density at radius 3 is 2.46 bits per heavy atom. The van der Waals surface area contributed by atoms with Crippen LogP contribution in [0.1, 0.15) is 5.56 Å². The van der Waals surface area contributed by atoms with Gasteiger partial charge in [0.2, 0.25) is 0 Å². The Hall–Kier alpha value is -1.26. The highest BCUT2D eigenvalue weighted by Crippen LogP contribution is 2.28. The van der Waals surface area contributed by atoms with E-state index in [1.165, 1.54) is 6.07 Å². The van der Waals surface area contributed by atoms with Crippen molar-refractivity contribution < 1.29 is 13.2 Å². The van der Waals surface area contributed by atoms with E-state index in [9.17, 15) is 13.2 Å². The maximum atomic E-state index is 12.0. The van der Waals surface area contributed by atoms with Crippen molar-refractivity contribution in [3.63, 3.8) is 0 Å². The highest BCUT2D eigenvalue weighted by atomic mass is 19.4. The highest BCUT2D eigenvalue weighted by Gasteiger charge is 2.30. The van der Waals surface area contributed by atoms with E-state index in [1.807, 2.05) is 0 Å². The van der Waals surface area contributed by atoms with Gasteiger partial charge in [-0.2, -0.15) is 13.2 Å². The molecule has 1 heterocycles. The summed E-state index contributed by atoms with van der Waals surface area (Å²) in [7, 11) is 0. The molecule has 1 N–H and O–H groups in total. The summed E-state index contributed by atoms with van der Waals surface area (Å²) in [6, 6.07) is 2.25. The molecule has 0 aliphatic rings. The van der Waals surface area contributed by atoms with Gasteiger partial charge in [0.05, 0.1) is 5.56 Å². The molecule has 0 aromatic carbocycles. The molecule has 1 aromatic heterocycles. The molecule has 1 rings (SSSR count). The predicted octanol–water partition coefficient (Wildman–Crippen LogP) is 2.35. The van der Waals surface area contributed by atoms with E-state index >= 15 is 0 Å². The van der Waals surface area contributed by atoms with Gasteiger partial charge in [-0.1, -0.05) is 0 Å². The van der Waals surface area contributed by atoms with Crippen LogP contribution in [0.3, 0.4) is 0 Å². The number of halogens is 3. The quantitative estimate of drug-likeness (QED) is 0.772. The van der Waals surface area contributed by atoms with E-state index in [0.717, 1.165) is 12.3 Å². The van der Waals surface area contributed by atoms with Crippen LogP contribution in [-0.2, 0) is 6.18 Å². The molecule has 0 spiro atoms. The molecule has 1 aromatic rings. The first-order chi connectivity index (χ1) is 6.04. The van der Waals surface area contributed by atoms with Crippen LogP contribution in [0.4, 0.5) is 19.0 Å². The van der Waals surface area contributed by atoms with Crippen molar-refractivity contribution >= 4 is 5.82 Å². The molecule has 0 saturated carbocycles. The number of hydrogen-bond donors (Lipinski definition) is 1. The van der Waals surface area contributed by atoms with Crippen molar-refractivity contribution in [1.82, 2.24) is 4.98 Å². The smallest absolute Gasteiger partial charge is 0.370 e. The Morgan fingerprint density at radius 1 is 1.38 bits per heavy atom. The zero-order valence-corrected chi connectivity index (χ0v) is 6.73. The van der Waals surface area contributed by atoms with Gasteiger partial charge in [0.15, 0.2) is 0 Å². The standard InChI is InChI=1S/C8H8F3N2/c1-2-12-7-4-3-6(5-13-7)8(9,10)11/h3-5H,1-2H2,(H,12,13). The second kappa shape index (κ2) is 3.64. The van der Waals surface area contributed by atoms with Gasteiger partial charge < -0.3 is 5.32 Å². The number of anilines is 1. The number of rotatable bonds is 2. The SMILES string of the molecule is [CH2]CNc1ccc(C(F)(F)F)cn1. The Kier molecular flexibility index (Phi) is 2.75. The fourth-order valence-corrected chi connectivity index (χ4v) is 0.794. The fraction of sp³-hybridized carbons (Fsp3) is 0.250. The van der Waals surface area contributed by atoms with E-state index in [0.29, 0.717) is 12.4 Å². The summed E-state index contributed by atoms with van der Waals surface area (Å²) >= 11 is 0. The lowest BCUT2D eigenvalue weighted by Gasteiger charge is -2.06. The van der Waals surface area contributed by atoms with Crippen LogP contribution >= 0.6 is 0 Å². The third kappa shape index (κ3) is 2.61. The zero-order valence-electron chi connectivity index (χ0n) is 6.73. The lowest BCUT2D eigenvalue weighted by atomic mass is 10.3. The molecule has 0 aliphatic heterocycles. The molecule has 0 unspecified atom stereocenters. The molecule has 0 bridgehead atoms. The number of nitrogens with one attached hydrogen (secondary N) is 1. The first kappa shape index (κ1) is 9.83. The summed E-state index contributed by atoms with van der Waals surface area (Å²) in [4.78, 5) is 3.56. The van der Waals surface area contributed by atoms with Crippen LogP contribution in [-0.4, -0.2) is 11.5 Å². The van der Waals surface area contributed by atoms with Gasteiger partial charge in [-0.3, -0.25) is 0 Å². The Bertz CT molecular complexity index is 266. The van der Waals surface area contributed by atoms with Gasteiger partial charge in [0.25, 0.3) is 0 Å². The summed E-state index contributed by atoms with van der Waals surface area (Å²) in [5.41, 5.74) is -0.748. The maximum absolute atomic E-state index is 12.0. The lowest BCUT2D eigenvalue weighted by Crippen LogP contribution is -2.06. The molecule has 2 nitrogen and oxygen atoms in total. The molecule has 0 amide bonds. The molecular formula is C8H8F3N2. The maximum Gasteiger partial charge on any atom is 0.417 e. The monoisotopic (exact) mass is 189 g/mol. The molecule has 0 aliphatic carbocycles. The first-order valence-corrected chi connectivity index (χ1v) is 3.60. The third-order valence-electron chi connectivity index (χ3n) is 1.40. The van der Waals surface area contributed by atoms with Gasteiger partial charge in [0, 0.05) is 12.7 Å². The minimum absolute atomic E-state index is 0.387. The Morgan fingerprint density at radius 2 is 2.08 bits per heavy atom. The second-order valence-electron chi connectivity index (χ2n) is 2.36. The summed E-state index contributed by atoms with van der Waals surface area (Å²) < 4.78 is 36.1. The summed E-state index contributed by atoms with van der Waals surface area (Å²) in [5, 5.41) is 2.70. The van der Waals surface area contributed by atoms with Crippen molar-refractivity contribution in [3.05, 3.63) is 30.8 Å². The van der Waals surface area contributed by atoms with Crippen LogP contribution in [0.25, 0.3) is 0 Å². The van der Waals surface area contributed by atoms with Crippen LogP contribution in [0, 0.1) is 6.92 Å². The van der Waals surface area contributed by atoms with Gasteiger partial charge in [-0.15, -0.1) is 0 Å². The van der Waals surface area contributed by atoms with Gasteiger partial charge >= 0.3 is 6.18 Å². The summed E-state index contributed by atoms with van der Waals surface area (Å²) in [6.45, 7) is 3.87. The molecule has 0 saturated heterocycles. The van der Waals surface area contributed by atoms with E-state index in [1.54, 1.807) is 0 Å². The van der Waals surface area contributed by atoms with Crippen LogP contribution in [0.5, 0.6) is 0 Å². The summed E-state index contributed by atoms with van der Waals surface area (Å²) in [5.74, 6) is 0.392.